The largest absolute Gasteiger partial charge is 0.393 e. The van der Waals surface area contributed by atoms with Crippen LogP contribution in [0.3, 0.4) is 0 Å². The predicted molar refractivity (Wildman–Crippen MR) is 61.3 cm³/mol. The average molecular weight is 198 g/mol. The van der Waals surface area contributed by atoms with Crippen molar-refractivity contribution in [3.8, 4) is 0 Å². The molecule has 1 fully saturated rings. The summed E-state index contributed by atoms with van der Waals surface area (Å²) >= 11 is 0. The summed E-state index contributed by atoms with van der Waals surface area (Å²) in [5.41, 5.74) is 0.309. The normalized spacial score (nSPS) is 30.6. The van der Waals surface area contributed by atoms with Gasteiger partial charge >= 0.3 is 0 Å². The van der Waals surface area contributed by atoms with Gasteiger partial charge in [-0.25, -0.2) is 0 Å². The summed E-state index contributed by atoms with van der Waals surface area (Å²) in [4.78, 5) is 0. The molecule has 0 aromatic heterocycles. The van der Waals surface area contributed by atoms with E-state index < -0.39 is 0 Å². The lowest BCUT2D eigenvalue weighted by Gasteiger charge is -2.07. The second-order valence-electron chi connectivity index (χ2n) is 5.25. The Hall–Kier alpha value is -0.0400. The molecule has 0 spiro atoms. The molecule has 14 heavy (non-hydrogen) atoms. The van der Waals surface area contributed by atoms with Crippen LogP contribution in [0.1, 0.15) is 71.6 Å². The molecule has 0 amide bonds. The molecule has 1 aliphatic rings. The summed E-state index contributed by atoms with van der Waals surface area (Å²) in [7, 11) is 0. The van der Waals surface area contributed by atoms with E-state index >= 15 is 0 Å². The van der Waals surface area contributed by atoms with Gasteiger partial charge in [0.1, 0.15) is 0 Å². The van der Waals surface area contributed by atoms with Gasteiger partial charge in [-0.2, -0.15) is 0 Å². The van der Waals surface area contributed by atoms with Crippen molar-refractivity contribution in [2.75, 3.05) is 0 Å². The Morgan fingerprint density at radius 1 is 1.07 bits per heavy atom. The third-order valence-electron chi connectivity index (χ3n) is 3.66. The van der Waals surface area contributed by atoms with E-state index in [4.69, 9.17) is 0 Å². The average Bonchev–Trinajstić information content (AvgIpc) is 2.73. The zero-order chi connectivity index (χ0) is 10.4. The molecule has 1 saturated carbocycles. The second-order valence-corrected chi connectivity index (χ2v) is 5.25. The Labute approximate surface area is 88.9 Å². The van der Waals surface area contributed by atoms with Crippen molar-refractivity contribution in [3.05, 3.63) is 0 Å². The SMILES string of the molecule is CCCCCCCCC[C@@]1(C)C[C@@H]1O. The molecule has 0 aliphatic heterocycles. The number of aliphatic hydroxyl groups excluding tert-OH is 1. The number of hydrogen-bond acceptors (Lipinski definition) is 1. The van der Waals surface area contributed by atoms with E-state index in [0.717, 1.165) is 6.42 Å². The standard InChI is InChI=1S/C13H26O/c1-3-4-5-6-7-8-9-10-13(2)11-12(13)14/h12,14H,3-11H2,1-2H3/t12-,13-/m0/s1. The molecule has 0 unspecified atom stereocenters. The van der Waals surface area contributed by atoms with E-state index in [2.05, 4.69) is 13.8 Å². The van der Waals surface area contributed by atoms with E-state index in [-0.39, 0.29) is 6.10 Å². The van der Waals surface area contributed by atoms with Crippen LogP contribution in [0.5, 0.6) is 0 Å². The molecule has 1 N–H and O–H groups in total. The predicted octanol–water partition coefficient (Wildman–Crippen LogP) is 3.90. The minimum Gasteiger partial charge on any atom is -0.393 e. The molecule has 84 valence electrons. The highest BCUT2D eigenvalue weighted by molar-refractivity contribution is 4.98. The van der Waals surface area contributed by atoms with Crippen LogP contribution in [0, 0.1) is 5.41 Å². The molecule has 1 heteroatoms. The van der Waals surface area contributed by atoms with E-state index in [0.29, 0.717) is 5.41 Å². The lowest BCUT2D eigenvalue weighted by atomic mass is 9.99. The first-order valence-corrected chi connectivity index (χ1v) is 6.37. The summed E-state index contributed by atoms with van der Waals surface area (Å²) in [5.74, 6) is 0. The van der Waals surface area contributed by atoms with Crippen molar-refractivity contribution in [2.24, 2.45) is 5.41 Å². The summed E-state index contributed by atoms with van der Waals surface area (Å²) in [5, 5.41) is 9.36. The summed E-state index contributed by atoms with van der Waals surface area (Å²) < 4.78 is 0. The zero-order valence-corrected chi connectivity index (χ0v) is 9.89. The van der Waals surface area contributed by atoms with Gasteiger partial charge in [-0.1, -0.05) is 58.8 Å². The van der Waals surface area contributed by atoms with Gasteiger partial charge < -0.3 is 5.11 Å². The fraction of sp³-hybridized carbons (Fsp3) is 1.00. The second kappa shape index (κ2) is 5.75. The first-order chi connectivity index (χ1) is 6.69. The highest BCUT2D eigenvalue weighted by Gasteiger charge is 2.47. The lowest BCUT2D eigenvalue weighted by Crippen LogP contribution is -2.00. The van der Waals surface area contributed by atoms with Crippen LogP contribution < -0.4 is 0 Å². The molecule has 0 aromatic rings. The van der Waals surface area contributed by atoms with Gasteiger partial charge in [-0.3, -0.25) is 0 Å². The van der Waals surface area contributed by atoms with Gasteiger partial charge in [0.2, 0.25) is 0 Å². The summed E-state index contributed by atoms with van der Waals surface area (Å²) in [6.07, 6.45) is 11.9. The van der Waals surface area contributed by atoms with Crippen LogP contribution in [-0.4, -0.2) is 11.2 Å². The molecule has 1 nitrogen and oxygen atoms in total. The van der Waals surface area contributed by atoms with Crippen LogP contribution >= 0.6 is 0 Å². The number of aliphatic hydroxyl groups is 1. The molecular weight excluding hydrogens is 172 g/mol. The summed E-state index contributed by atoms with van der Waals surface area (Å²) in [6.45, 7) is 4.48. The first kappa shape index (κ1) is 12.0. The smallest absolute Gasteiger partial charge is 0.0600 e. The fourth-order valence-electron chi connectivity index (χ4n) is 2.14. The van der Waals surface area contributed by atoms with Crippen LogP contribution in [0.2, 0.25) is 0 Å². The Balaban J connectivity index is 1.81. The highest BCUT2D eigenvalue weighted by atomic mass is 16.3. The number of rotatable bonds is 8. The van der Waals surface area contributed by atoms with Gasteiger partial charge in [0.25, 0.3) is 0 Å². The van der Waals surface area contributed by atoms with Gasteiger partial charge in [-0.15, -0.1) is 0 Å². The van der Waals surface area contributed by atoms with Crippen molar-refractivity contribution in [3.63, 3.8) is 0 Å². The molecule has 1 aliphatic carbocycles. The highest BCUT2D eigenvalue weighted by Crippen LogP contribution is 2.49. The van der Waals surface area contributed by atoms with E-state index in [1.807, 2.05) is 0 Å². The Morgan fingerprint density at radius 3 is 2.07 bits per heavy atom. The van der Waals surface area contributed by atoms with Crippen LogP contribution in [-0.2, 0) is 0 Å². The number of unbranched alkanes of at least 4 members (excludes halogenated alkanes) is 6. The van der Waals surface area contributed by atoms with Crippen molar-refractivity contribution in [2.45, 2.75) is 77.7 Å². The topological polar surface area (TPSA) is 20.2 Å². The van der Waals surface area contributed by atoms with Crippen molar-refractivity contribution < 1.29 is 5.11 Å². The number of hydrogen-bond donors (Lipinski definition) is 1. The third kappa shape index (κ3) is 4.00. The van der Waals surface area contributed by atoms with Crippen molar-refractivity contribution in [1.29, 1.82) is 0 Å². The molecule has 2 atom stereocenters. The maximum atomic E-state index is 9.36. The van der Waals surface area contributed by atoms with Gasteiger partial charge in [-0.05, 0) is 18.3 Å². The fourth-order valence-corrected chi connectivity index (χ4v) is 2.14. The Morgan fingerprint density at radius 2 is 1.57 bits per heavy atom. The molecular formula is C13H26O. The monoisotopic (exact) mass is 198 g/mol. The van der Waals surface area contributed by atoms with Gasteiger partial charge in [0, 0.05) is 0 Å². The Bertz CT molecular complexity index is 155. The third-order valence-corrected chi connectivity index (χ3v) is 3.66. The van der Waals surface area contributed by atoms with Crippen LogP contribution in [0.4, 0.5) is 0 Å². The van der Waals surface area contributed by atoms with Gasteiger partial charge in [0.15, 0.2) is 0 Å². The summed E-state index contributed by atoms with van der Waals surface area (Å²) in [6, 6.07) is 0. The van der Waals surface area contributed by atoms with Crippen LogP contribution in [0.15, 0.2) is 0 Å². The molecule has 0 radical (unpaired) electrons. The van der Waals surface area contributed by atoms with E-state index in [1.165, 1.54) is 51.4 Å². The molecule has 0 saturated heterocycles. The molecule has 1 rings (SSSR count). The minimum absolute atomic E-state index is 0.0163. The van der Waals surface area contributed by atoms with E-state index in [1.54, 1.807) is 0 Å². The molecule has 0 aromatic carbocycles. The van der Waals surface area contributed by atoms with Crippen molar-refractivity contribution >= 4 is 0 Å². The van der Waals surface area contributed by atoms with Gasteiger partial charge in [0.05, 0.1) is 6.10 Å². The molecule has 0 heterocycles. The van der Waals surface area contributed by atoms with E-state index in [9.17, 15) is 5.11 Å². The minimum atomic E-state index is 0.0163. The lowest BCUT2D eigenvalue weighted by molar-refractivity contribution is 0.219. The first-order valence-electron chi connectivity index (χ1n) is 6.37. The Kier molecular flexibility index (Phi) is 4.94. The van der Waals surface area contributed by atoms with Crippen LogP contribution in [0.25, 0.3) is 0 Å². The maximum absolute atomic E-state index is 9.36. The zero-order valence-electron chi connectivity index (χ0n) is 9.89. The quantitative estimate of drug-likeness (QED) is 0.586. The maximum Gasteiger partial charge on any atom is 0.0600 e. The molecule has 0 bridgehead atoms. The van der Waals surface area contributed by atoms with Crippen molar-refractivity contribution in [1.82, 2.24) is 0 Å².